The first-order valence-electron chi connectivity index (χ1n) is 6.00. The lowest BCUT2D eigenvalue weighted by atomic mass is 10.0. The van der Waals surface area contributed by atoms with E-state index in [1.54, 1.807) is 0 Å². The second-order valence-electron chi connectivity index (χ2n) is 4.15. The minimum Gasteiger partial charge on any atom is -0.261 e. The van der Waals surface area contributed by atoms with Crippen LogP contribution in [0.2, 0.25) is 5.02 Å². The summed E-state index contributed by atoms with van der Waals surface area (Å²) in [5.41, 5.74) is 3.57. The predicted octanol–water partition coefficient (Wildman–Crippen LogP) is 4.74. The molecule has 2 heteroatoms. The first-order valence-corrected chi connectivity index (χ1v) is 6.38. The lowest BCUT2D eigenvalue weighted by Crippen LogP contribution is -1.90. The zero-order valence-corrected chi connectivity index (χ0v) is 10.7. The number of halogens is 1. The van der Waals surface area contributed by atoms with Crippen molar-refractivity contribution in [3.05, 3.63) is 53.3 Å². The van der Waals surface area contributed by atoms with Gasteiger partial charge in [-0.3, -0.25) is 4.98 Å². The van der Waals surface area contributed by atoms with Crippen molar-refractivity contribution in [2.45, 2.75) is 26.2 Å². The summed E-state index contributed by atoms with van der Waals surface area (Å²) in [6, 6.07) is 12.1. The largest absolute Gasteiger partial charge is 0.261 e. The molecule has 17 heavy (non-hydrogen) atoms. The van der Waals surface area contributed by atoms with Crippen molar-refractivity contribution in [3.8, 4) is 11.1 Å². The molecule has 0 saturated carbocycles. The van der Waals surface area contributed by atoms with Crippen LogP contribution in [0.15, 0.2) is 42.6 Å². The summed E-state index contributed by atoms with van der Waals surface area (Å²) in [5.74, 6) is 0. The highest BCUT2D eigenvalue weighted by atomic mass is 35.5. The molecule has 0 fully saturated rings. The Morgan fingerprint density at radius 1 is 1.06 bits per heavy atom. The molecular weight excluding hydrogens is 230 g/mol. The third kappa shape index (κ3) is 3.31. The second-order valence-corrected chi connectivity index (χ2v) is 4.58. The van der Waals surface area contributed by atoms with E-state index in [9.17, 15) is 0 Å². The first kappa shape index (κ1) is 12.1. The fourth-order valence-corrected chi connectivity index (χ4v) is 1.92. The van der Waals surface area contributed by atoms with Gasteiger partial charge in [-0.15, -0.1) is 0 Å². The van der Waals surface area contributed by atoms with E-state index in [1.807, 2.05) is 36.5 Å². The van der Waals surface area contributed by atoms with Crippen molar-refractivity contribution < 1.29 is 0 Å². The summed E-state index contributed by atoms with van der Waals surface area (Å²) in [6.45, 7) is 2.20. The molecule has 1 aromatic heterocycles. The second kappa shape index (κ2) is 5.83. The third-order valence-corrected chi connectivity index (χ3v) is 3.03. The van der Waals surface area contributed by atoms with Crippen LogP contribution in [0.5, 0.6) is 0 Å². The van der Waals surface area contributed by atoms with Gasteiger partial charge < -0.3 is 0 Å². The topological polar surface area (TPSA) is 12.9 Å². The Morgan fingerprint density at radius 2 is 1.82 bits per heavy atom. The fraction of sp³-hybridized carbons (Fsp3) is 0.267. The maximum Gasteiger partial charge on any atom is 0.0409 e. The SMILES string of the molecule is CCCCc1cc(-c2ccc(Cl)cc2)ccn1. The number of benzene rings is 1. The minimum atomic E-state index is 0.772. The standard InChI is InChI=1S/C15H16ClN/c1-2-3-4-15-11-13(9-10-17-15)12-5-7-14(16)8-6-12/h5-11H,2-4H2,1H3. The average Bonchev–Trinajstić information content (AvgIpc) is 2.37. The van der Waals surface area contributed by atoms with Crippen LogP contribution >= 0.6 is 11.6 Å². The van der Waals surface area contributed by atoms with Gasteiger partial charge in [0.05, 0.1) is 0 Å². The molecule has 0 aliphatic heterocycles. The molecule has 0 unspecified atom stereocenters. The van der Waals surface area contributed by atoms with Crippen molar-refractivity contribution in [3.63, 3.8) is 0 Å². The van der Waals surface area contributed by atoms with Gasteiger partial charge in [-0.25, -0.2) is 0 Å². The lowest BCUT2D eigenvalue weighted by molar-refractivity contribution is 0.777. The number of nitrogens with zero attached hydrogens (tertiary/aromatic N) is 1. The van der Waals surface area contributed by atoms with E-state index in [4.69, 9.17) is 11.6 Å². The maximum absolute atomic E-state index is 5.89. The van der Waals surface area contributed by atoms with Gasteiger partial charge in [-0.1, -0.05) is 37.1 Å². The van der Waals surface area contributed by atoms with Crippen molar-refractivity contribution in [1.29, 1.82) is 0 Å². The molecule has 2 rings (SSSR count). The van der Waals surface area contributed by atoms with Crippen molar-refractivity contribution in [2.24, 2.45) is 0 Å². The van der Waals surface area contributed by atoms with E-state index >= 15 is 0 Å². The van der Waals surface area contributed by atoms with Gasteiger partial charge in [-0.2, -0.15) is 0 Å². The van der Waals surface area contributed by atoms with Crippen LogP contribution in [-0.4, -0.2) is 4.98 Å². The highest BCUT2D eigenvalue weighted by molar-refractivity contribution is 6.30. The molecule has 1 nitrogen and oxygen atoms in total. The van der Waals surface area contributed by atoms with Crippen molar-refractivity contribution >= 4 is 11.6 Å². The quantitative estimate of drug-likeness (QED) is 0.758. The summed E-state index contributed by atoms with van der Waals surface area (Å²) in [5, 5.41) is 0.772. The minimum absolute atomic E-state index is 0.772. The molecule has 1 heterocycles. The Hall–Kier alpha value is -1.34. The first-order chi connectivity index (χ1) is 8.29. The van der Waals surface area contributed by atoms with E-state index in [0.717, 1.165) is 11.4 Å². The summed E-state index contributed by atoms with van der Waals surface area (Å²) < 4.78 is 0. The van der Waals surface area contributed by atoms with E-state index in [1.165, 1.54) is 29.7 Å². The van der Waals surface area contributed by atoms with Crippen molar-refractivity contribution in [1.82, 2.24) is 4.98 Å². The number of hydrogen-bond donors (Lipinski definition) is 0. The number of aromatic nitrogens is 1. The van der Waals surface area contributed by atoms with Gasteiger partial charge in [0.25, 0.3) is 0 Å². The number of pyridine rings is 1. The van der Waals surface area contributed by atoms with Crippen LogP contribution in [0, 0.1) is 0 Å². The zero-order chi connectivity index (χ0) is 12.1. The Morgan fingerprint density at radius 3 is 2.53 bits per heavy atom. The molecule has 0 aliphatic rings. The van der Waals surface area contributed by atoms with Crippen LogP contribution in [0.4, 0.5) is 0 Å². The molecule has 88 valence electrons. The molecule has 0 bridgehead atoms. The molecule has 0 saturated heterocycles. The molecule has 2 aromatic rings. The van der Waals surface area contributed by atoms with Gasteiger partial charge in [0.2, 0.25) is 0 Å². The Labute approximate surface area is 107 Å². The molecule has 0 spiro atoms. The molecule has 1 aromatic carbocycles. The van der Waals surface area contributed by atoms with Gasteiger partial charge in [0.1, 0.15) is 0 Å². The molecule has 0 radical (unpaired) electrons. The monoisotopic (exact) mass is 245 g/mol. The molecular formula is C15H16ClN. The summed E-state index contributed by atoms with van der Waals surface area (Å²) in [7, 11) is 0. The molecule has 0 atom stereocenters. The summed E-state index contributed by atoms with van der Waals surface area (Å²) in [6.07, 6.45) is 5.33. The highest BCUT2D eigenvalue weighted by Crippen LogP contribution is 2.22. The molecule has 0 N–H and O–H groups in total. The third-order valence-electron chi connectivity index (χ3n) is 2.78. The van der Waals surface area contributed by atoms with Gasteiger partial charge in [-0.05, 0) is 48.2 Å². The van der Waals surface area contributed by atoms with Crippen LogP contribution in [0.1, 0.15) is 25.5 Å². The Balaban J connectivity index is 2.23. The van der Waals surface area contributed by atoms with Gasteiger partial charge in [0, 0.05) is 16.9 Å². The summed E-state index contributed by atoms with van der Waals surface area (Å²) in [4.78, 5) is 4.39. The lowest BCUT2D eigenvalue weighted by Gasteiger charge is -2.04. The number of aryl methyl sites for hydroxylation is 1. The Kier molecular flexibility index (Phi) is 4.16. The van der Waals surface area contributed by atoms with E-state index in [-0.39, 0.29) is 0 Å². The van der Waals surface area contributed by atoms with E-state index < -0.39 is 0 Å². The number of rotatable bonds is 4. The highest BCUT2D eigenvalue weighted by Gasteiger charge is 2.00. The predicted molar refractivity (Wildman–Crippen MR) is 73.3 cm³/mol. The van der Waals surface area contributed by atoms with Gasteiger partial charge >= 0.3 is 0 Å². The number of hydrogen-bond acceptors (Lipinski definition) is 1. The molecule has 0 amide bonds. The van der Waals surface area contributed by atoms with E-state index in [0.29, 0.717) is 0 Å². The number of unbranched alkanes of at least 4 members (excludes halogenated alkanes) is 1. The fourth-order valence-electron chi connectivity index (χ4n) is 1.79. The van der Waals surface area contributed by atoms with E-state index in [2.05, 4.69) is 18.0 Å². The van der Waals surface area contributed by atoms with Crippen LogP contribution in [0.3, 0.4) is 0 Å². The average molecular weight is 246 g/mol. The van der Waals surface area contributed by atoms with Crippen LogP contribution < -0.4 is 0 Å². The van der Waals surface area contributed by atoms with Crippen LogP contribution in [0.25, 0.3) is 11.1 Å². The normalized spacial score (nSPS) is 10.5. The molecule has 0 aliphatic carbocycles. The Bertz CT molecular complexity index is 477. The van der Waals surface area contributed by atoms with Gasteiger partial charge in [0.15, 0.2) is 0 Å². The zero-order valence-electron chi connectivity index (χ0n) is 9.99. The summed E-state index contributed by atoms with van der Waals surface area (Å²) >= 11 is 5.89. The van der Waals surface area contributed by atoms with Crippen molar-refractivity contribution in [2.75, 3.05) is 0 Å². The maximum atomic E-state index is 5.89. The van der Waals surface area contributed by atoms with Crippen LogP contribution in [-0.2, 0) is 6.42 Å². The smallest absolute Gasteiger partial charge is 0.0409 e.